The maximum atomic E-state index is 9.37. The van der Waals surface area contributed by atoms with E-state index in [9.17, 15) is 4.79 Å². The molecular weight excluding hydrogens is 192 g/mol. The largest absolute Gasteiger partial charge is 0.481 e. The minimum atomic E-state index is -0.745. The Bertz CT molecular complexity index is 178. The van der Waals surface area contributed by atoms with Gasteiger partial charge in [-0.25, -0.2) is 0 Å². The average Bonchev–Trinajstić information content (AvgIpc) is 2.11. The van der Waals surface area contributed by atoms with Crippen LogP contribution in [0.2, 0.25) is 24.7 Å². The van der Waals surface area contributed by atoms with Gasteiger partial charge in [-0.05, 0) is 5.54 Å². The van der Waals surface area contributed by atoms with Crippen molar-refractivity contribution in [1.29, 1.82) is 0 Å². The van der Waals surface area contributed by atoms with Gasteiger partial charge in [0.15, 0.2) is 0 Å². The van der Waals surface area contributed by atoms with Crippen LogP contribution in [0.3, 0.4) is 0 Å². The van der Waals surface area contributed by atoms with E-state index in [4.69, 9.17) is 5.11 Å². The van der Waals surface area contributed by atoms with Crippen molar-refractivity contribution < 1.29 is 9.90 Å². The van der Waals surface area contributed by atoms with E-state index in [1.807, 2.05) is 0 Å². The van der Waals surface area contributed by atoms with Crippen molar-refractivity contribution in [3.8, 4) is 0 Å². The fraction of sp³-hybridized carbons (Fsp3) is 0.909. The summed E-state index contributed by atoms with van der Waals surface area (Å²) in [5.41, 5.74) is 1.09. The molecule has 0 aromatic carbocycles. The molecule has 14 heavy (non-hydrogen) atoms. The summed E-state index contributed by atoms with van der Waals surface area (Å²) in [5.74, 6) is -0.745. The average molecular weight is 216 g/mol. The molecule has 2 nitrogen and oxygen atoms in total. The van der Waals surface area contributed by atoms with Gasteiger partial charge in [-0.1, -0.05) is 52.2 Å². The molecule has 1 saturated heterocycles. The molecule has 0 amide bonds. The summed E-state index contributed by atoms with van der Waals surface area (Å²) in [6, 6.07) is 1.58. The second-order valence-corrected chi connectivity index (χ2v) is 10.3. The second kappa shape index (κ2) is 6.22. The first kappa shape index (κ1) is 13.7. The molecule has 0 aliphatic carbocycles. The van der Waals surface area contributed by atoms with E-state index in [2.05, 4.69) is 20.0 Å². The molecule has 1 aliphatic rings. The van der Waals surface area contributed by atoms with Crippen LogP contribution in [-0.4, -0.2) is 19.1 Å². The molecule has 1 aliphatic heterocycles. The van der Waals surface area contributed by atoms with Crippen molar-refractivity contribution in [2.24, 2.45) is 0 Å². The minimum Gasteiger partial charge on any atom is -0.481 e. The fourth-order valence-corrected chi connectivity index (χ4v) is 4.31. The molecule has 3 heteroatoms. The molecule has 1 rings (SSSR count). The zero-order valence-electron chi connectivity index (χ0n) is 9.97. The summed E-state index contributed by atoms with van der Waals surface area (Å²) < 4.78 is 0. The molecule has 0 aromatic rings. The highest BCUT2D eigenvalue weighted by atomic mass is 28.3. The van der Waals surface area contributed by atoms with Crippen LogP contribution in [0.4, 0.5) is 0 Å². The number of carboxylic acid groups (broad SMARTS) is 1. The fourth-order valence-electron chi connectivity index (χ4n) is 1.67. The van der Waals surface area contributed by atoms with Crippen LogP contribution in [0.5, 0.6) is 0 Å². The van der Waals surface area contributed by atoms with Crippen molar-refractivity contribution in [3.05, 3.63) is 0 Å². The van der Waals surface area contributed by atoms with Gasteiger partial charge in [0.25, 0.3) is 0 Å². The Kier molecular flexibility index (Phi) is 6.08. The van der Waals surface area contributed by atoms with E-state index in [1.54, 1.807) is 13.0 Å². The lowest BCUT2D eigenvalue weighted by atomic mass is 10.2. The first-order valence-electron chi connectivity index (χ1n) is 5.62. The summed E-state index contributed by atoms with van der Waals surface area (Å²) in [7, 11) is -0.694. The third kappa shape index (κ3) is 5.42. The highest BCUT2D eigenvalue weighted by Gasteiger charge is 2.30. The molecule has 0 spiro atoms. The van der Waals surface area contributed by atoms with Crippen molar-refractivity contribution >= 4 is 14.0 Å². The Hall–Kier alpha value is -0.313. The smallest absolute Gasteiger partial charge is 0.303 e. The molecule has 0 aromatic heterocycles. The van der Waals surface area contributed by atoms with E-state index >= 15 is 0 Å². The molecule has 84 valence electrons. The summed E-state index contributed by atoms with van der Waals surface area (Å²) >= 11 is 0. The number of hydrogen-bond acceptors (Lipinski definition) is 1. The Balaban J connectivity index is 0.000000292. The van der Waals surface area contributed by atoms with Crippen LogP contribution in [0, 0.1) is 0 Å². The number of aliphatic carboxylic acids is 1. The molecule has 1 atom stereocenters. The molecule has 0 bridgehead atoms. The lowest BCUT2D eigenvalue weighted by Crippen LogP contribution is -2.33. The first-order chi connectivity index (χ1) is 6.40. The zero-order chi connectivity index (χ0) is 11.2. The van der Waals surface area contributed by atoms with Gasteiger partial charge in [-0.2, -0.15) is 0 Å². The summed E-state index contributed by atoms with van der Waals surface area (Å²) in [5, 5.41) is 7.72. The molecule has 1 unspecified atom stereocenters. The Morgan fingerprint density at radius 2 is 1.93 bits per heavy atom. The van der Waals surface area contributed by atoms with Gasteiger partial charge in [0.05, 0.1) is 8.07 Å². The minimum absolute atomic E-state index is 0.222. The van der Waals surface area contributed by atoms with Gasteiger partial charge in [-0.15, -0.1) is 0 Å². The maximum Gasteiger partial charge on any atom is 0.303 e. The number of carboxylic acids is 1. The third-order valence-electron chi connectivity index (χ3n) is 3.34. The van der Waals surface area contributed by atoms with E-state index < -0.39 is 14.0 Å². The highest BCUT2D eigenvalue weighted by molar-refractivity contribution is 6.78. The van der Waals surface area contributed by atoms with Crippen LogP contribution in [0.25, 0.3) is 0 Å². The standard InChI is InChI=1S/C8H18Si.C3H6O2/c1-8-6-4-5-7-9(8,2)3;1-2-3(4)5/h8H,4-7H2,1-3H3;2H2,1H3,(H,4,5). The monoisotopic (exact) mass is 216 g/mol. The van der Waals surface area contributed by atoms with E-state index in [0.29, 0.717) is 0 Å². The Morgan fingerprint density at radius 3 is 2.14 bits per heavy atom. The van der Waals surface area contributed by atoms with Gasteiger partial charge < -0.3 is 5.11 Å². The van der Waals surface area contributed by atoms with E-state index in [-0.39, 0.29) is 6.42 Å². The SMILES string of the molecule is CC1CCCC[Si]1(C)C.CCC(=O)O. The van der Waals surface area contributed by atoms with Gasteiger partial charge in [0.1, 0.15) is 0 Å². The van der Waals surface area contributed by atoms with Crippen molar-refractivity contribution in [2.75, 3.05) is 0 Å². The van der Waals surface area contributed by atoms with Crippen molar-refractivity contribution in [2.45, 2.75) is 64.2 Å². The summed E-state index contributed by atoms with van der Waals surface area (Å²) in [4.78, 5) is 9.37. The predicted molar refractivity (Wildman–Crippen MR) is 63.5 cm³/mol. The summed E-state index contributed by atoms with van der Waals surface area (Å²) in [6.45, 7) is 9.13. The number of hydrogen-bond donors (Lipinski definition) is 1. The topological polar surface area (TPSA) is 37.3 Å². The van der Waals surface area contributed by atoms with E-state index in [0.717, 1.165) is 5.54 Å². The second-order valence-electron chi connectivity index (χ2n) is 4.88. The van der Waals surface area contributed by atoms with Gasteiger partial charge in [0.2, 0.25) is 0 Å². The molecule has 0 saturated carbocycles. The Labute approximate surface area is 88.7 Å². The van der Waals surface area contributed by atoms with Gasteiger partial charge >= 0.3 is 5.97 Å². The van der Waals surface area contributed by atoms with Crippen LogP contribution >= 0.6 is 0 Å². The van der Waals surface area contributed by atoms with E-state index in [1.165, 1.54) is 19.3 Å². The zero-order valence-corrected chi connectivity index (χ0v) is 11.0. The lowest BCUT2D eigenvalue weighted by molar-refractivity contribution is -0.136. The quantitative estimate of drug-likeness (QED) is 0.678. The predicted octanol–water partition coefficient (Wildman–Crippen LogP) is 3.75. The van der Waals surface area contributed by atoms with Crippen molar-refractivity contribution in [1.82, 2.24) is 0 Å². The Morgan fingerprint density at radius 1 is 1.43 bits per heavy atom. The van der Waals surface area contributed by atoms with Crippen LogP contribution in [-0.2, 0) is 4.79 Å². The molecule has 1 heterocycles. The molecule has 1 fully saturated rings. The normalized spacial score (nSPS) is 24.7. The molecule has 1 N–H and O–H groups in total. The summed E-state index contributed by atoms with van der Waals surface area (Å²) in [6.07, 6.45) is 4.75. The highest BCUT2D eigenvalue weighted by Crippen LogP contribution is 2.36. The number of rotatable bonds is 1. The van der Waals surface area contributed by atoms with Crippen LogP contribution in [0.15, 0.2) is 0 Å². The van der Waals surface area contributed by atoms with Crippen molar-refractivity contribution in [3.63, 3.8) is 0 Å². The van der Waals surface area contributed by atoms with Crippen LogP contribution < -0.4 is 0 Å². The third-order valence-corrected chi connectivity index (χ3v) is 7.94. The van der Waals surface area contributed by atoms with Gasteiger partial charge in [-0.3, -0.25) is 4.79 Å². The molecule has 0 radical (unpaired) electrons. The maximum absolute atomic E-state index is 9.37. The first-order valence-corrected chi connectivity index (χ1v) is 8.90. The van der Waals surface area contributed by atoms with Crippen LogP contribution in [0.1, 0.15) is 39.5 Å². The number of carbonyl (C=O) groups is 1. The lowest BCUT2D eigenvalue weighted by Gasteiger charge is -2.34. The molecular formula is C11H24O2Si. The van der Waals surface area contributed by atoms with Gasteiger partial charge in [0, 0.05) is 6.42 Å².